The Hall–Kier alpha value is -4.03. The van der Waals surface area contributed by atoms with Crippen molar-refractivity contribution in [3.05, 3.63) is 78.0 Å². The first kappa shape index (κ1) is 21.5. The van der Waals surface area contributed by atoms with E-state index in [0.717, 1.165) is 55.2 Å². The third kappa shape index (κ3) is 3.76. The monoisotopic (exact) mass is 467 g/mol. The van der Waals surface area contributed by atoms with Crippen LogP contribution in [0.1, 0.15) is 17.7 Å². The summed E-state index contributed by atoms with van der Waals surface area (Å²) in [6.45, 7) is 0.720. The molecule has 1 aliphatic rings. The van der Waals surface area contributed by atoms with Gasteiger partial charge in [-0.25, -0.2) is 0 Å². The Morgan fingerprint density at radius 2 is 1.71 bits per heavy atom. The first-order valence-electron chi connectivity index (χ1n) is 11.7. The largest absolute Gasteiger partial charge is 0.493 e. The third-order valence-electron chi connectivity index (χ3n) is 6.45. The normalized spacial score (nSPS) is 12.5. The summed E-state index contributed by atoms with van der Waals surface area (Å²) in [6, 6.07) is 22.3. The van der Waals surface area contributed by atoms with Crippen LogP contribution in [-0.2, 0) is 13.0 Å². The Balaban J connectivity index is 1.60. The van der Waals surface area contributed by atoms with Crippen LogP contribution in [0.25, 0.3) is 32.4 Å². The maximum atomic E-state index is 9.60. The lowest BCUT2D eigenvalue weighted by atomic mass is 9.97. The van der Waals surface area contributed by atoms with Gasteiger partial charge in [-0.15, -0.1) is 0 Å². The SMILES string of the molecule is COc1ccc2c(c(CCCO)nc3c4cc5c(cc4ccc23)OCO5)c1OCc1ccccc1. The highest BCUT2D eigenvalue weighted by molar-refractivity contribution is 6.17. The number of methoxy groups -OCH3 is 1. The zero-order valence-corrected chi connectivity index (χ0v) is 19.4. The molecule has 1 aliphatic heterocycles. The molecule has 176 valence electrons. The molecule has 35 heavy (non-hydrogen) atoms. The first-order valence-corrected chi connectivity index (χ1v) is 11.7. The number of hydrogen-bond donors (Lipinski definition) is 1. The van der Waals surface area contributed by atoms with Crippen molar-refractivity contribution in [3.63, 3.8) is 0 Å². The van der Waals surface area contributed by atoms with Gasteiger partial charge in [-0.2, -0.15) is 0 Å². The number of rotatable bonds is 7. The van der Waals surface area contributed by atoms with Crippen LogP contribution >= 0.6 is 0 Å². The highest BCUT2D eigenvalue weighted by Gasteiger charge is 2.21. The summed E-state index contributed by atoms with van der Waals surface area (Å²) in [6.07, 6.45) is 1.21. The summed E-state index contributed by atoms with van der Waals surface area (Å²) in [7, 11) is 1.65. The van der Waals surface area contributed by atoms with Gasteiger partial charge in [0.05, 0.1) is 18.3 Å². The summed E-state index contributed by atoms with van der Waals surface area (Å²) < 4.78 is 23.3. The van der Waals surface area contributed by atoms with Gasteiger partial charge in [-0.3, -0.25) is 4.98 Å². The zero-order chi connectivity index (χ0) is 23.8. The minimum Gasteiger partial charge on any atom is -0.493 e. The Labute approximate surface area is 202 Å². The van der Waals surface area contributed by atoms with Crippen molar-refractivity contribution in [2.75, 3.05) is 20.5 Å². The van der Waals surface area contributed by atoms with Gasteiger partial charge in [0.25, 0.3) is 0 Å². The summed E-state index contributed by atoms with van der Waals surface area (Å²) in [4.78, 5) is 5.14. The number of aliphatic hydroxyl groups excluding tert-OH is 1. The molecule has 0 aliphatic carbocycles. The maximum Gasteiger partial charge on any atom is 0.231 e. The van der Waals surface area contributed by atoms with Crippen molar-refractivity contribution in [1.29, 1.82) is 0 Å². The van der Waals surface area contributed by atoms with E-state index in [1.807, 2.05) is 48.5 Å². The van der Waals surface area contributed by atoms with Crippen molar-refractivity contribution in [2.45, 2.75) is 19.4 Å². The summed E-state index contributed by atoms with van der Waals surface area (Å²) in [5.74, 6) is 2.80. The minimum atomic E-state index is 0.0829. The first-order chi connectivity index (χ1) is 17.3. The van der Waals surface area contributed by atoms with E-state index in [-0.39, 0.29) is 13.4 Å². The number of pyridine rings is 1. The molecule has 1 N–H and O–H groups in total. The van der Waals surface area contributed by atoms with Crippen LogP contribution in [0.2, 0.25) is 0 Å². The molecule has 0 spiro atoms. The molecule has 6 nitrogen and oxygen atoms in total. The van der Waals surface area contributed by atoms with Crippen LogP contribution in [0.3, 0.4) is 0 Å². The van der Waals surface area contributed by atoms with Crippen molar-refractivity contribution in [3.8, 4) is 23.0 Å². The van der Waals surface area contributed by atoms with E-state index in [2.05, 4.69) is 18.2 Å². The molecular formula is C29H25NO5. The fraction of sp³-hybridized carbons (Fsp3) is 0.207. The van der Waals surface area contributed by atoms with Crippen molar-refractivity contribution in [1.82, 2.24) is 4.98 Å². The van der Waals surface area contributed by atoms with E-state index >= 15 is 0 Å². The third-order valence-corrected chi connectivity index (χ3v) is 6.45. The summed E-state index contributed by atoms with van der Waals surface area (Å²) in [5.41, 5.74) is 2.83. The predicted octanol–water partition coefficient (Wildman–Crippen LogP) is 5.78. The molecule has 1 aromatic heterocycles. The average Bonchev–Trinajstić information content (AvgIpc) is 3.36. The Morgan fingerprint density at radius 3 is 2.51 bits per heavy atom. The molecule has 0 saturated heterocycles. The lowest BCUT2D eigenvalue weighted by molar-refractivity contribution is 0.174. The minimum absolute atomic E-state index is 0.0829. The van der Waals surface area contributed by atoms with Crippen LogP contribution in [-0.4, -0.2) is 30.6 Å². The molecule has 0 unspecified atom stereocenters. The smallest absolute Gasteiger partial charge is 0.231 e. The molecule has 6 heteroatoms. The molecular weight excluding hydrogens is 442 g/mol. The van der Waals surface area contributed by atoms with Crippen molar-refractivity contribution in [2.24, 2.45) is 0 Å². The number of aromatic nitrogens is 1. The molecule has 0 fully saturated rings. The molecule has 2 heterocycles. The highest BCUT2D eigenvalue weighted by atomic mass is 16.7. The second-order valence-electron chi connectivity index (χ2n) is 8.57. The van der Waals surface area contributed by atoms with Gasteiger partial charge in [0.2, 0.25) is 6.79 Å². The van der Waals surface area contributed by atoms with Gasteiger partial charge in [0, 0.05) is 22.8 Å². The van der Waals surface area contributed by atoms with E-state index in [1.165, 1.54) is 0 Å². The standard InChI is InChI=1S/C29H25NO5/c1-32-24-12-11-20-21-10-9-19-14-25-26(35-17-34-25)15-22(19)28(21)30-23(8-5-13-31)27(20)29(24)33-16-18-6-3-2-4-7-18/h2-4,6-7,9-12,14-15,31H,5,8,13,16-17H2,1H3. The molecule has 5 aromatic rings. The number of aryl methyl sites for hydroxylation is 1. The number of benzene rings is 4. The zero-order valence-electron chi connectivity index (χ0n) is 19.4. The quantitative estimate of drug-likeness (QED) is 0.306. The van der Waals surface area contributed by atoms with Crippen LogP contribution < -0.4 is 18.9 Å². The Bertz CT molecular complexity index is 1550. The molecule has 4 aromatic carbocycles. The van der Waals surface area contributed by atoms with Gasteiger partial charge in [0.1, 0.15) is 6.61 Å². The number of fused-ring (bicyclic) bond motifs is 6. The van der Waals surface area contributed by atoms with Crippen LogP contribution in [0.5, 0.6) is 23.0 Å². The van der Waals surface area contributed by atoms with E-state index < -0.39 is 0 Å². The van der Waals surface area contributed by atoms with Crippen LogP contribution in [0.15, 0.2) is 66.7 Å². The van der Waals surface area contributed by atoms with Crippen molar-refractivity contribution < 1.29 is 24.1 Å². The van der Waals surface area contributed by atoms with E-state index in [4.69, 9.17) is 23.9 Å². The fourth-order valence-corrected chi connectivity index (χ4v) is 4.76. The van der Waals surface area contributed by atoms with Crippen molar-refractivity contribution >= 4 is 32.4 Å². The van der Waals surface area contributed by atoms with E-state index in [9.17, 15) is 5.11 Å². The number of aliphatic hydroxyl groups is 1. The topological polar surface area (TPSA) is 70.0 Å². The maximum absolute atomic E-state index is 9.60. The Kier molecular flexibility index (Phi) is 5.51. The summed E-state index contributed by atoms with van der Waals surface area (Å²) in [5, 5.41) is 14.6. The number of nitrogens with zero attached hydrogens (tertiary/aromatic N) is 1. The van der Waals surface area contributed by atoms with E-state index in [1.54, 1.807) is 7.11 Å². The summed E-state index contributed by atoms with van der Waals surface area (Å²) >= 11 is 0. The Morgan fingerprint density at radius 1 is 0.914 bits per heavy atom. The number of hydrogen-bond acceptors (Lipinski definition) is 6. The average molecular weight is 468 g/mol. The molecule has 0 amide bonds. The van der Waals surface area contributed by atoms with Gasteiger partial charge < -0.3 is 24.1 Å². The van der Waals surface area contributed by atoms with Gasteiger partial charge in [0.15, 0.2) is 23.0 Å². The molecule has 0 saturated carbocycles. The number of ether oxygens (including phenoxy) is 4. The van der Waals surface area contributed by atoms with Gasteiger partial charge in [-0.1, -0.05) is 42.5 Å². The molecule has 0 bridgehead atoms. The lowest BCUT2D eigenvalue weighted by Crippen LogP contribution is -2.03. The fourth-order valence-electron chi connectivity index (χ4n) is 4.76. The van der Waals surface area contributed by atoms with E-state index in [0.29, 0.717) is 30.9 Å². The molecule has 0 radical (unpaired) electrons. The molecule has 0 atom stereocenters. The van der Waals surface area contributed by atoms with Crippen LogP contribution in [0, 0.1) is 0 Å². The van der Waals surface area contributed by atoms with Gasteiger partial charge in [-0.05, 0) is 53.4 Å². The molecule has 6 rings (SSSR count). The van der Waals surface area contributed by atoms with Gasteiger partial charge >= 0.3 is 0 Å². The van der Waals surface area contributed by atoms with Crippen LogP contribution in [0.4, 0.5) is 0 Å². The second kappa shape index (κ2) is 8.96. The highest BCUT2D eigenvalue weighted by Crippen LogP contribution is 2.44. The predicted molar refractivity (Wildman–Crippen MR) is 136 cm³/mol. The second-order valence-corrected chi connectivity index (χ2v) is 8.57. The lowest BCUT2D eigenvalue weighted by Gasteiger charge is -2.18.